The summed E-state index contributed by atoms with van der Waals surface area (Å²) in [6, 6.07) is 0. The maximum atomic E-state index is 12.0. The van der Waals surface area contributed by atoms with Gasteiger partial charge in [0, 0.05) is 51.9 Å². The van der Waals surface area contributed by atoms with Crippen molar-refractivity contribution in [3.8, 4) is 0 Å². The lowest BCUT2D eigenvalue weighted by Gasteiger charge is -2.20. The molecule has 0 spiro atoms. The van der Waals surface area contributed by atoms with Crippen LogP contribution < -0.4 is 10.6 Å². The van der Waals surface area contributed by atoms with Crippen molar-refractivity contribution in [2.45, 2.75) is 59.3 Å². The fraction of sp³-hybridized carbons (Fsp3) is 0.750. The predicted octanol–water partition coefficient (Wildman–Crippen LogP) is 2.55. The van der Waals surface area contributed by atoms with Crippen LogP contribution in [-0.4, -0.2) is 59.3 Å². The first kappa shape index (κ1) is 24.7. The van der Waals surface area contributed by atoms with E-state index < -0.39 is 0 Å². The van der Waals surface area contributed by atoms with E-state index in [1.807, 2.05) is 16.6 Å². The van der Waals surface area contributed by atoms with Crippen LogP contribution in [0.25, 0.3) is 0 Å². The van der Waals surface area contributed by atoms with E-state index in [1.165, 1.54) is 17.7 Å². The molecule has 1 saturated heterocycles. The molecule has 8 heteroatoms. The first-order chi connectivity index (χ1) is 13.0. The number of carbonyl (C=O) groups is 1. The molecule has 1 fully saturated rings. The van der Waals surface area contributed by atoms with E-state index in [-0.39, 0.29) is 24.0 Å². The van der Waals surface area contributed by atoms with Crippen LogP contribution in [0.1, 0.15) is 56.0 Å². The van der Waals surface area contributed by atoms with E-state index in [0.29, 0.717) is 12.3 Å². The Hall–Kier alpha value is -1.32. The maximum absolute atomic E-state index is 12.0. The Kier molecular flexibility index (Phi) is 11.5. The van der Waals surface area contributed by atoms with E-state index >= 15 is 0 Å². The summed E-state index contributed by atoms with van der Waals surface area (Å²) in [6.45, 7) is 10.3. The van der Waals surface area contributed by atoms with Crippen LogP contribution in [0.4, 0.5) is 0 Å². The van der Waals surface area contributed by atoms with Gasteiger partial charge in [-0.25, -0.2) is 0 Å². The van der Waals surface area contributed by atoms with Crippen molar-refractivity contribution in [3.05, 3.63) is 17.0 Å². The van der Waals surface area contributed by atoms with Gasteiger partial charge >= 0.3 is 0 Å². The molecule has 1 aromatic heterocycles. The Labute approximate surface area is 186 Å². The number of nitrogens with one attached hydrogen (secondary N) is 2. The van der Waals surface area contributed by atoms with Gasteiger partial charge in [0.1, 0.15) is 0 Å². The smallest absolute Gasteiger partial charge is 0.222 e. The van der Waals surface area contributed by atoms with Crippen LogP contribution in [0.2, 0.25) is 0 Å². The second-order valence-electron chi connectivity index (χ2n) is 7.26. The van der Waals surface area contributed by atoms with Gasteiger partial charge in [0.25, 0.3) is 0 Å². The molecule has 2 rings (SSSR count). The van der Waals surface area contributed by atoms with Gasteiger partial charge in [-0.1, -0.05) is 6.42 Å². The second-order valence-corrected chi connectivity index (χ2v) is 7.26. The van der Waals surface area contributed by atoms with E-state index in [9.17, 15) is 4.79 Å². The molecule has 160 valence electrons. The predicted molar refractivity (Wildman–Crippen MR) is 125 cm³/mol. The third-order valence-corrected chi connectivity index (χ3v) is 5.20. The lowest BCUT2D eigenvalue weighted by atomic mass is 10.1. The third-order valence-electron chi connectivity index (χ3n) is 5.20. The molecule has 7 nitrogen and oxygen atoms in total. The summed E-state index contributed by atoms with van der Waals surface area (Å²) in [6.07, 6.45) is 5.89. The Morgan fingerprint density at radius 2 is 2.00 bits per heavy atom. The summed E-state index contributed by atoms with van der Waals surface area (Å²) in [5.74, 6) is 1.16. The number of likely N-dealkylation sites (tertiary alicyclic amines) is 1. The highest BCUT2D eigenvalue weighted by molar-refractivity contribution is 14.0. The number of guanidine groups is 1. The fourth-order valence-electron chi connectivity index (χ4n) is 3.55. The Morgan fingerprint density at radius 1 is 1.21 bits per heavy atom. The zero-order chi connectivity index (χ0) is 19.6. The first-order valence-electron chi connectivity index (χ1n) is 10.3. The van der Waals surface area contributed by atoms with Crippen LogP contribution in [0.3, 0.4) is 0 Å². The number of rotatable bonds is 8. The second kappa shape index (κ2) is 13.0. The lowest BCUT2D eigenvalue weighted by molar-refractivity contribution is -0.130. The van der Waals surface area contributed by atoms with Crippen LogP contribution >= 0.6 is 24.0 Å². The first-order valence-corrected chi connectivity index (χ1v) is 10.3. The number of hydrogen-bond acceptors (Lipinski definition) is 3. The van der Waals surface area contributed by atoms with Crippen LogP contribution in [0.5, 0.6) is 0 Å². The monoisotopic (exact) mass is 504 g/mol. The normalized spacial score (nSPS) is 15.2. The number of hydrogen-bond donors (Lipinski definition) is 2. The third kappa shape index (κ3) is 7.60. The lowest BCUT2D eigenvalue weighted by Crippen LogP contribution is -2.38. The van der Waals surface area contributed by atoms with Crippen molar-refractivity contribution in [3.63, 3.8) is 0 Å². The quantitative estimate of drug-likeness (QED) is 0.247. The SMILES string of the molecule is CCNC(=NCCCN1CCCCCC1=O)NCCc1c(C)nn(C)c1C.I. The highest BCUT2D eigenvalue weighted by Gasteiger charge is 2.15. The minimum absolute atomic E-state index is 0. The molecule has 2 heterocycles. The van der Waals surface area contributed by atoms with Crippen molar-refractivity contribution in [1.29, 1.82) is 0 Å². The molecular weight excluding hydrogens is 467 g/mol. The minimum atomic E-state index is 0. The Bertz CT molecular complexity index is 643. The van der Waals surface area contributed by atoms with Gasteiger partial charge < -0.3 is 15.5 Å². The molecule has 2 N–H and O–H groups in total. The topological polar surface area (TPSA) is 74.6 Å². The van der Waals surface area contributed by atoms with Crippen molar-refractivity contribution in [2.24, 2.45) is 12.0 Å². The van der Waals surface area contributed by atoms with Crippen molar-refractivity contribution < 1.29 is 4.79 Å². The van der Waals surface area contributed by atoms with Crippen LogP contribution in [0, 0.1) is 13.8 Å². The van der Waals surface area contributed by atoms with Gasteiger partial charge in [-0.3, -0.25) is 14.5 Å². The molecule has 0 atom stereocenters. The standard InChI is InChI=1S/C20H36N6O.HI/c1-5-21-20(23-13-11-18-16(2)24-25(4)17(18)3)22-12-9-15-26-14-8-6-7-10-19(26)27;/h5-15H2,1-4H3,(H2,21,22,23);1H. The molecule has 0 radical (unpaired) electrons. The zero-order valence-electron chi connectivity index (χ0n) is 17.9. The number of aromatic nitrogens is 2. The molecule has 0 bridgehead atoms. The summed E-state index contributed by atoms with van der Waals surface area (Å²) in [5, 5.41) is 11.2. The maximum Gasteiger partial charge on any atom is 0.222 e. The van der Waals surface area contributed by atoms with E-state index in [1.54, 1.807) is 0 Å². The number of nitrogens with zero attached hydrogens (tertiary/aromatic N) is 4. The molecule has 1 aliphatic heterocycles. The minimum Gasteiger partial charge on any atom is -0.357 e. The van der Waals surface area contributed by atoms with Gasteiger partial charge in [0.05, 0.1) is 5.69 Å². The Balaban J connectivity index is 0.00000392. The van der Waals surface area contributed by atoms with E-state index in [4.69, 9.17) is 0 Å². The number of amides is 1. The Morgan fingerprint density at radius 3 is 2.68 bits per heavy atom. The molecular formula is C20H37IN6O. The molecule has 28 heavy (non-hydrogen) atoms. The number of carbonyl (C=O) groups excluding carboxylic acids is 1. The van der Waals surface area contributed by atoms with Crippen molar-refractivity contribution >= 4 is 35.8 Å². The average Bonchev–Trinajstić information content (AvgIpc) is 2.78. The molecule has 0 aliphatic carbocycles. The highest BCUT2D eigenvalue weighted by atomic mass is 127. The largest absolute Gasteiger partial charge is 0.357 e. The summed E-state index contributed by atoms with van der Waals surface area (Å²) in [7, 11) is 1.99. The molecule has 1 aromatic rings. The number of aryl methyl sites for hydroxylation is 2. The van der Waals surface area contributed by atoms with Gasteiger partial charge in [-0.2, -0.15) is 5.10 Å². The van der Waals surface area contributed by atoms with Crippen LogP contribution in [0.15, 0.2) is 4.99 Å². The summed E-state index contributed by atoms with van der Waals surface area (Å²) in [5.41, 5.74) is 3.62. The summed E-state index contributed by atoms with van der Waals surface area (Å²) < 4.78 is 1.94. The molecule has 0 saturated carbocycles. The summed E-state index contributed by atoms with van der Waals surface area (Å²) >= 11 is 0. The van der Waals surface area contributed by atoms with Crippen LogP contribution in [-0.2, 0) is 18.3 Å². The van der Waals surface area contributed by atoms with Gasteiger partial charge in [-0.05, 0) is 52.0 Å². The van der Waals surface area contributed by atoms with Gasteiger partial charge in [0.2, 0.25) is 5.91 Å². The number of halogens is 1. The fourth-order valence-corrected chi connectivity index (χ4v) is 3.55. The van der Waals surface area contributed by atoms with E-state index in [2.05, 4.69) is 41.5 Å². The highest BCUT2D eigenvalue weighted by Crippen LogP contribution is 2.12. The molecule has 1 amide bonds. The van der Waals surface area contributed by atoms with Crippen molar-refractivity contribution in [1.82, 2.24) is 25.3 Å². The zero-order valence-corrected chi connectivity index (χ0v) is 20.2. The molecule has 0 unspecified atom stereocenters. The van der Waals surface area contributed by atoms with E-state index in [0.717, 1.165) is 70.1 Å². The van der Waals surface area contributed by atoms with Crippen molar-refractivity contribution in [2.75, 3.05) is 32.7 Å². The number of aliphatic imine (C=N–C) groups is 1. The van der Waals surface area contributed by atoms with Gasteiger partial charge in [0.15, 0.2) is 5.96 Å². The molecule has 1 aliphatic rings. The average molecular weight is 504 g/mol. The molecule has 0 aromatic carbocycles. The van der Waals surface area contributed by atoms with Gasteiger partial charge in [-0.15, -0.1) is 24.0 Å². The summed E-state index contributed by atoms with van der Waals surface area (Å²) in [4.78, 5) is 18.7.